The van der Waals surface area contributed by atoms with Crippen LogP contribution in [0.5, 0.6) is 5.75 Å². The van der Waals surface area contributed by atoms with Crippen molar-refractivity contribution in [3.8, 4) is 5.75 Å². The van der Waals surface area contributed by atoms with Gasteiger partial charge in [0, 0.05) is 23.1 Å². The van der Waals surface area contributed by atoms with Crippen molar-refractivity contribution in [2.24, 2.45) is 0 Å². The molecule has 0 fully saturated rings. The van der Waals surface area contributed by atoms with E-state index in [0.717, 1.165) is 9.87 Å². The molecule has 0 aromatic heterocycles. The van der Waals surface area contributed by atoms with Crippen LogP contribution in [0.2, 0.25) is 10.0 Å². The van der Waals surface area contributed by atoms with Crippen LogP contribution in [0, 0.1) is 6.92 Å². The smallest absolute Gasteiger partial charge is 0.264 e. The molecule has 3 aromatic carbocycles. The van der Waals surface area contributed by atoms with Crippen molar-refractivity contribution in [2.75, 3.05) is 24.5 Å². The van der Waals surface area contributed by atoms with Crippen molar-refractivity contribution < 1.29 is 22.7 Å². The number of amides is 2. The average molecular weight is 593 g/mol. The molecular weight excluding hydrogens is 561 g/mol. The number of nitrogens with zero attached hydrogens (tertiary/aromatic N) is 2. The maximum Gasteiger partial charge on any atom is 0.264 e. The lowest BCUT2D eigenvalue weighted by Gasteiger charge is -2.32. The summed E-state index contributed by atoms with van der Waals surface area (Å²) < 4.78 is 34.3. The third-order valence-corrected chi connectivity index (χ3v) is 8.49. The first-order valence-electron chi connectivity index (χ1n) is 12.2. The van der Waals surface area contributed by atoms with Crippen molar-refractivity contribution in [3.63, 3.8) is 0 Å². The van der Waals surface area contributed by atoms with E-state index in [-0.39, 0.29) is 33.8 Å². The zero-order valence-electron chi connectivity index (χ0n) is 22.1. The van der Waals surface area contributed by atoms with Gasteiger partial charge in [-0.3, -0.25) is 13.9 Å². The van der Waals surface area contributed by atoms with Gasteiger partial charge in [0.25, 0.3) is 10.0 Å². The fraction of sp³-hybridized carbons (Fsp3) is 0.286. The van der Waals surface area contributed by atoms with Crippen LogP contribution in [0.15, 0.2) is 71.6 Å². The Hall–Kier alpha value is -3.27. The van der Waals surface area contributed by atoms with E-state index < -0.39 is 28.5 Å². The quantitative estimate of drug-likeness (QED) is 0.336. The molecule has 0 aliphatic rings. The van der Waals surface area contributed by atoms with E-state index in [1.807, 2.05) is 6.92 Å². The summed E-state index contributed by atoms with van der Waals surface area (Å²) in [6.07, 6.45) is 0. The molecule has 1 N–H and O–H groups in total. The van der Waals surface area contributed by atoms with Gasteiger partial charge >= 0.3 is 0 Å². The number of hydrogen-bond acceptors (Lipinski definition) is 5. The van der Waals surface area contributed by atoms with Gasteiger partial charge in [-0.1, -0.05) is 59.1 Å². The van der Waals surface area contributed by atoms with Crippen LogP contribution in [0.1, 0.15) is 25.0 Å². The fourth-order valence-electron chi connectivity index (χ4n) is 3.92. The summed E-state index contributed by atoms with van der Waals surface area (Å²) in [6, 6.07) is 16.8. The summed E-state index contributed by atoms with van der Waals surface area (Å²) in [4.78, 5) is 28.0. The van der Waals surface area contributed by atoms with E-state index in [4.69, 9.17) is 27.9 Å². The monoisotopic (exact) mass is 591 g/mol. The Kier molecular flexibility index (Phi) is 10.2. The zero-order valence-corrected chi connectivity index (χ0v) is 24.5. The van der Waals surface area contributed by atoms with Crippen molar-refractivity contribution in [2.45, 2.75) is 38.3 Å². The number of sulfonamides is 1. The van der Waals surface area contributed by atoms with Crippen molar-refractivity contribution >= 4 is 50.7 Å². The summed E-state index contributed by atoms with van der Waals surface area (Å²) in [5.41, 5.74) is 1.57. The third kappa shape index (κ3) is 7.23. The number of aryl methyl sites for hydroxylation is 1. The van der Waals surface area contributed by atoms with Crippen LogP contribution in [0.3, 0.4) is 0 Å². The molecule has 0 radical (unpaired) electrons. The van der Waals surface area contributed by atoms with Crippen molar-refractivity contribution in [1.82, 2.24) is 10.2 Å². The van der Waals surface area contributed by atoms with Crippen LogP contribution in [0.25, 0.3) is 0 Å². The van der Waals surface area contributed by atoms with Gasteiger partial charge < -0.3 is 15.0 Å². The fourth-order valence-corrected chi connectivity index (χ4v) is 5.70. The summed E-state index contributed by atoms with van der Waals surface area (Å²) >= 11 is 12.6. The van der Waals surface area contributed by atoms with Gasteiger partial charge in [0.05, 0.1) is 17.7 Å². The number of halogens is 2. The topological polar surface area (TPSA) is 96.0 Å². The number of carbonyl (C=O) groups excluding carboxylic acids is 2. The molecule has 0 aliphatic heterocycles. The van der Waals surface area contributed by atoms with Gasteiger partial charge in [0.1, 0.15) is 18.3 Å². The van der Waals surface area contributed by atoms with Crippen molar-refractivity contribution in [3.05, 3.63) is 87.9 Å². The Morgan fingerprint density at radius 2 is 1.69 bits per heavy atom. The number of carbonyl (C=O) groups is 2. The first-order chi connectivity index (χ1) is 18.5. The Labute approximate surface area is 239 Å². The van der Waals surface area contributed by atoms with Crippen LogP contribution in [-0.4, -0.2) is 51.4 Å². The first kappa shape index (κ1) is 30.3. The van der Waals surface area contributed by atoms with Gasteiger partial charge in [0.15, 0.2) is 0 Å². The molecule has 39 heavy (non-hydrogen) atoms. The van der Waals surface area contributed by atoms with Crippen LogP contribution >= 0.6 is 23.2 Å². The Bertz CT molecular complexity index is 1430. The molecule has 0 bridgehead atoms. The minimum absolute atomic E-state index is 0.0120. The van der Waals surface area contributed by atoms with E-state index >= 15 is 0 Å². The van der Waals surface area contributed by atoms with E-state index in [2.05, 4.69) is 5.32 Å². The molecule has 0 heterocycles. The van der Waals surface area contributed by atoms with Gasteiger partial charge in [-0.15, -0.1) is 0 Å². The predicted octanol–water partition coefficient (Wildman–Crippen LogP) is 5.06. The molecule has 0 aliphatic carbocycles. The van der Waals surface area contributed by atoms with Gasteiger partial charge in [-0.05, 0) is 62.7 Å². The number of likely N-dealkylation sites (N-methyl/N-ethyl adjacent to an activating group) is 1. The van der Waals surface area contributed by atoms with Gasteiger partial charge in [-0.25, -0.2) is 8.42 Å². The molecule has 208 valence electrons. The molecule has 0 saturated carbocycles. The Morgan fingerprint density at radius 1 is 1.03 bits per heavy atom. The number of methoxy groups -OCH3 is 1. The van der Waals surface area contributed by atoms with Gasteiger partial charge in [-0.2, -0.15) is 0 Å². The highest BCUT2D eigenvalue weighted by Gasteiger charge is 2.34. The van der Waals surface area contributed by atoms with E-state index in [9.17, 15) is 18.0 Å². The summed E-state index contributed by atoms with van der Waals surface area (Å²) in [6.45, 7) is 4.92. The van der Waals surface area contributed by atoms with E-state index in [1.54, 1.807) is 56.3 Å². The standard InChI is InChI=1S/C28H31Cl2N3O5S/c1-5-31-28(35)20(3)32(17-21-8-6-7-9-24(21)30)27(34)18-33(25-16-22(29)12-15-26(25)38-4)39(36,37)23-13-10-19(2)11-14-23/h6-16,20H,5,17-18H2,1-4H3,(H,31,35)/t20-/m0/s1. The number of rotatable bonds is 11. The number of anilines is 1. The Morgan fingerprint density at radius 3 is 2.31 bits per heavy atom. The third-order valence-electron chi connectivity index (χ3n) is 6.11. The molecule has 8 nitrogen and oxygen atoms in total. The zero-order chi connectivity index (χ0) is 28.7. The highest BCUT2D eigenvalue weighted by Crippen LogP contribution is 2.35. The van der Waals surface area contributed by atoms with E-state index in [1.165, 1.54) is 36.3 Å². The van der Waals surface area contributed by atoms with Gasteiger partial charge in [0.2, 0.25) is 11.8 Å². The molecule has 11 heteroatoms. The second kappa shape index (κ2) is 13.2. The minimum atomic E-state index is -4.27. The molecule has 1 atom stereocenters. The summed E-state index contributed by atoms with van der Waals surface area (Å²) in [5, 5.41) is 3.39. The second-order valence-electron chi connectivity index (χ2n) is 8.82. The maximum atomic E-state index is 14.0. The molecule has 2 amide bonds. The highest BCUT2D eigenvalue weighted by molar-refractivity contribution is 7.92. The number of hydrogen-bond donors (Lipinski definition) is 1. The van der Waals surface area contributed by atoms with Crippen LogP contribution < -0.4 is 14.4 Å². The number of benzene rings is 3. The lowest BCUT2D eigenvalue weighted by atomic mass is 10.1. The Balaban J connectivity index is 2.11. The highest BCUT2D eigenvalue weighted by atomic mass is 35.5. The summed E-state index contributed by atoms with van der Waals surface area (Å²) in [7, 11) is -2.87. The molecule has 3 rings (SSSR count). The van der Waals surface area contributed by atoms with Crippen LogP contribution in [0.4, 0.5) is 5.69 Å². The number of nitrogens with one attached hydrogen (secondary N) is 1. The maximum absolute atomic E-state index is 14.0. The largest absolute Gasteiger partial charge is 0.495 e. The lowest BCUT2D eigenvalue weighted by Crippen LogP contribution is -2.51. The molecule has 3 aromatic rings. The normalized spacial score (nSPS) is 11.9. The lowest BCUT2D eigenvalue weighted by molar-refractivity contribution is -0.139. The number of ether oxygens (including phenoxy) is 1. The SMILES string of the molecule is CCNC(=O)[C@H](C)N(Cc1ccccc1Cl)C(=O)CN(c1cc(Cl)ccc1OC)S(=O)(=O)c1ccc(C)cc1. The second-order valence-corrected chi connectivity index (χ2v) is 11.5. The van der Waals surface area contributed by atoms with Crippen LogP contribution in [-0.2, 0) is 26.2 Å². The average Bonchev–Trinajstić information content (AvgIpc) is 2.91. The molecule has 0 unspecified atom stereocenters. The van der Waals surface area contributed by atoms with Crippen molar-refractivity contribution in [1.29, 1.82) is 0 Å². The first-order valence-corrected chi connectivity index (χ1v) is 14.4. The predicted molar refractivity (Wildman–Crippen MR) is 154 cm³/mol. The molecular formula is C28H31Cl2N3O5S. The molecule has 0 spiro atoms. The molecule has 0 saturated heterocycles. The van der Waals surface area contributed by atoms with E-state index in [0.29, 0.717) is 17.1 Å². The minimum Gasteiger partial charge on any atom is -0.495 e. The summed E-state index contributed by atoms with van der Waals surface area (Å²) in [5.74, 6) is -0.796.